The van der Waals surface area contributed by atoms with Crippen LogP contribution in [0.3, 0.4) is 0 Å². The molecule has 0 fully saturated rings. The number of rotatable bonds is 5. The van der Waals surface area contributed by atoms with E-state index in [4.69, 9.17) is 0 Å². The van der Waals surface area contributed by atoms with Gasteiger partial charge in [-0.1, -0.05) is 12.1 Å². The van der Waals surface area contributed by atoms with Crippen LogP contribution < -0.4 is 5.32 Å². The molecule has 0 aliphatic heterocycles. The Kier molecular flexibility index (Phi) is 3.54. The molecule has 102 valence electrons. The fourth-order valence-electron chi connectivity index (χ4n) is 2.24. The molecule has 0 bridgehead atoms. The number of benzene rings is 1. The van der Waals surface area contributed by atoms with Gasteiger partial charge in [-0.05, 0) is 29.8 Å². The van der Waals surface area contributed by atoms with E-state index in [1.54, 1.807) is 6.20 Å². The van der Waals surface area contributed by atoms with Crippen molar-refractivity contribution in [3.63, 3.8) is 0 Å². The van der Waals surface area contributed by atoms with Crippen LogP contribution in [0, 0.1) is 0 Å². The minimum Gasteiger partial charge on any atom is -0.379 e. The minimum atomic E-state index is 0.831. The minimum absolute atomic E-state index is 0.831. The molecule has 3 rings (SSSR count). The molecule has 2 aromatic heterocycles. The Morgan fingerprint density at radius 2 is 2.10 bits per heavy atom. The molecule has 2 heterocycles. The highest BCUT2D eigenvalue weighted by molar-refractivity contribution is 5.46. The van der Waals surface area contributed by atoms with Crippen molar-refractivity contribution in [2.75, 3.05) is 5.32 Å². The maximum Gasteiger partial charge on any atom is 0.0949 e. The molecule has 3 aromatic rings. The summed E-state index contributed by atoms with van der Waals surface area (Å²) in [5.74, 6) is 0. The van der Waals surface area contributed by atoms with Crippen LogP contribution in [0.25, 0.3) is 0 Å². The second-order valence-corrected chi connectivity index (χ2v) is 4.90. The molecule has 0 saturated carbocycles. The number of anilines is 1. The van der Waals surface area contributed by atoms with Crippen LogP contribution in [0.5, 0.6) is 0 Å². The van der Waals surface area contributed by atoms with Crippen LogP contribution in [-0.4, -0.2) is 14.1 Å². The summed E-state index contributed by atoms with van der Waals surface area (Å²) in [6, 6.07) is 12.7. The molecule has 0 aliphatic carbocycles. The third kappa shape index (κ3) is 2.91. The molecule has 1 N–H and O–H groups in total. The van der Waals surface area contributed by atoms with Gasteiger partial charge >= 0.3 is 0 Å². The van der Waals surface area contributed by atoms with Crippen molar-refractivity contribution >= 4 is 5.69 Å². The second kappa shape index (κ2) is 5.65. The highest BCUT2D eigenvalue weighted by Crippen LogP contribution is 2.13. The highest BCUT2D eigenvalue weighted by atomic mass is 15.0. The zero-order valence-corrected chi connectivity index (χ0v) is 11.5. The lowest BCUT2D eigenvalue weighted by Gasteiger charge is -2.09. The lowest BCUT2D eigenvalue weighted by Crippen LogP contribution is -2.04. The first-order valence-electron chi connectivity index (χ1n) is 6.70. The van der Waals surface area contributed by atoms with Crippen LogP contribution in [0.15, 0.2) is 61.3 Å². The molecule has 0 radical (unpaired) electrons. The first-order chi connectivity index (χ1) is 9.81. The van der Waals surface area contributed by atoms with E-state index in [-0.39, 0.29) is 0 Å². The molecule has 0 unspecified atom stereocenters. The number of nitrogens with one attached hydrogen (secondary N) is 1. The van der Waals surface area contributed by atoms with Crippen molar-refractivity contribution in [1.29, 1.82) is 0 Å². The molecule has 0 atom stereocenters. The Balaban J connectivity index is 1.67. The lowest BCUT2D eigenvalue weighted by molar-refractivity contribution is 0.797. The van der Waals surface area contributed by atoms with E-state index >= 15 is 0 Å². The van der Waals surface area contributed by atoms with E-state index in [0.717, 1.165) is 18.8 Å². The van der Waals surface area contributed by atoms with Crippen LogP contribution in [0.2, 0.25) is 0 Å². The Hall–Kier alpha value is -2.49. The first kappa shape index (κ1) is 12.5. The van der Waals surface area contributed by atoms with Gasteiger partial charge in [-0.25, -0.2) is 4.98 Å². The van der Waals surface area contributed by atoms with Crippen molar-refractivity contribution in [3.8, 4) is 0 Å². The largest absolute Gasteiger partial charge is 0.379 e. The summed E-state index contributed by atoms with van der Waals surface area (Å²) in [6.07, 6.45) is 7.68. The van der Waals surface area contributed by atoms with E-state index in [1.165, 1.54) is 11.3 Å². The van der Waals surface area contributed by atoms with Crippen molar-refractivity contribution in [3.05, 3.63) is 72.6 Å². The number of aryl methyl sites for hydroxylation is 1. The van der Waals surface area contributed by atoms with Gasteiger partial charge in [-0.2, -0.15) is 0 Å². The molecular formula is C16H18N4. The molecule has 0 saturated heterocycles. The molecule has 0 spiro atoms. The molecule has 20 heavy (non-hydrogen) atoms. The Labute approximate surface area is 118 Å². The zero-order chi connectivity index (χ0) is 13.8. The standard InChI is InChI=1S/C16H18N4/c1-19-8-3-6-16(19)11-18-15-5-2-4-14(10-15)12-20-9-7-17-13-20/h2-10,13,18H,11-12H2,1H3. The van der Waals surface area contributed by atoms with E-state index in [0.29, 0.717) is 0 Å². The first-order valence-corrected chi connectivity index (χ1v) is 6.70. The van der Waals surface area contributed by atoms with Gasteiger partial charge in [0.05, 0.1) is 12.9 Å². The summed E-state index contributed by atoms with van der Waals surface area (Å²) >= 11 is 0. The third-order valence-electron chi connectivity index (χ3n) is 3.38. The fraction of sp³-hybridized carbons (Fsp3) is 0.188. The van der Waals surface area contributed by atoms with Crippen molar-refractivity contribution in [2.24, 2.45) is 7.05 Å². The predicted molar refractivity (Wildman–Crippen MR) is 80.5 cm³/mol. The van der Waals surface area contributed by atoms with Gasteiger partial charge in [0.2, 0.25) is 0 Å². The van der Waals surface area contributed by atoms with E-state index < -0.39 is 0 Å². The SMILES string of the molecule is Cn1cccc1CNc1cccc(Cn2ccnc2)c1. The van der Waals surface area contributed by atoms with Crippen molar-refractivity contribution < 1.29 is 0 Å². The van der Waals surface area contributed by atoms with Crippen LogP contribution in [-0.2, 0) is 20.1 Å². The summed E-state index contributed by atoms with van der Waals surface area (Å²) < 4.78 is 4.19. The average molecular weight is 266 g/mol. The summed E-state index contributed by atoms with van der Waals surface area (Å²) in [5, 5.41) is 3.46. The van der Waals surface area contributed by atoms with Crippen molar-refractivity contribution in [1.82, 2.24) is 14.1 Å². The normalized spacial score (nSPS) is 10.7. The topological polar surface area (TPSA) is 34.8 Å². The molecule has 0 amide bonds. The van der Waals surface area contributed by atoms with Crippen LogP contribution in [0.1, 0.15) is 11.3 Å². The Morgan fingerprint density at radius 1 is 1.15 bits per heavy atom. The summed E-state index contributed by atoms with van der Waals surface area (Å²) in [4.78, 5) is 4.07. The van der Waals surface area contributed by atoms with Gasteiger partial charge in [-0.3, -0.25) is 0 Å². The summed E-state index contributed by atoms with van der Waals surface area (Å²) in [7, 11) is 2.06. The van der Waals surface area contributed by atoms with Crippen LogP contribution in [0.4, 0.5) is 5.69 Å². The quantitative estimate of drug-likeness (QED) is 0.770. The van der Waals surface area contributed by atoms with Gasteiger partial charge in [0, 0.05) is 43.6 Å². The van der Waals surface area contributed by atoms with Gasteiger partial charge in [0.25, 0.3) is 0 Å². The zero-order valence-electron chi connectivity index (χ0n) is 11.5. The van der Waals surface area contributed by atoms with E-state index in [9.17, 15) is 0 Å². The Bertz CT molecular complexity index is 667. The van der Waals surface area contributed by atoms with Gasteiger partial charge in [0.1, 0.15) is 0 Å². The van der Waals surface area contributed by atoms with Crippen molar-refractivity contribution in [2.45, 2.75) is 13.1 Å². The lowest BCUT2D eigenvalue weighted by atomic mass is 10.2. The second-order valence-electron chi connectivity index (χ2n) is 4.90. The van der Waals surface area contributed by atoms with E-state index in [2.05, 4.69) is 69.1 Å². The molecule has 0 aliphatic rings. The number of aromatic nitrogens is 3. The predicted octanol–water partition coefficient (Wildman–Crippen LogP) is 2.88. The maximum atomic E-state index is 4.07. The number of hydrogen-bond donors (Lipinski definition) is 1. The summed E-state index contributed by atoms with van der Waals surface area (Å²) in [6.45, 7) is 1.68. The number of imidazole rings is 1. The summed E-state index contributed by atoms with van der Waals surface area (Å²) in [5.41, 5.74) is 3.67. The number of hydrogen-bond acceptors (Lipinski definition) is 2. The van der Waals surface area contributed by atoms with Gasteiger partial charge in [0.15, 0.2) is 0 Å². The fourth-order valence-corrected chi connectivity index (χ4v) is 2.24. The Morgan fingerprint density at radius 3 is 2.85 bits per heavy atom. The molecule has 4 heteroatoms. The van der Waals surface area contributed by atoms with Gasteiger partial charge in [-0.15, -0.1) is 0 Å². The highest BCUT2D eigenvalue weighted by Gasteiger charge is 1.99. The molecule has 4 nitrogen and oxygen atoms in total. The van der Waals surface area contributed by atoms with Gasteiger partial charge < -0.3 is 14.5 Å². The average Bonchev–Trinajstić information content (AvgIpc) is 3.09. The molecule has 1 aromatic carbocycles. The smallest absolute Gasteiger partial charge is 0.0949 e. The van der Waals surface area contributed by atoms with Crippen LogP contribution >= 0.6 is 0 Å². The number of nitrogens with zero attached hydrogens (tertiary/aromatic N) is 3. The molecular weight excluding hydrogens is 248 g/mol. The monoisotopic (exact) mass is 266 g/mol. The van der Waals surface area contributed by atoms with E-state index in [1.807, 2.05) is 12.5 Å². The maximum absolute atomic E-state index is 4.07. The third-order valence-corrected chi connectivity index (χ3v) is 3.38.